The molecule has 1 nitrogen and oxygen atoms in total. The maximum atomic E-state index is 5.60. The smallest absolute Gasteiger partial charge is 0.0314 e. The summed E-state index contributed by atoms with van der Waals surface area (Å²) in [6, 6.07) is 7.77. The molecule has 0 spiro atoms. The lowest BCUT2D eigenvalue weighted by Crippen LogP contribution is -1.87. The Hall–Kier alpha value is -1.42. The summed E-state index contributed by atoms with van der Waals surface area (Å²) in [6.45, 7) is 0. The second kappa shape index (κ2) is 4.19. The molecule has 1 aromatic rings. The first-order valence-corrected chi connectivity index (χ1v) is 5.22. The van der Waals surface area contributed by atoms with E-state index < -0.39 is 0 Å². The van der Waals surface area contributed by atoms with E-state index in [0.717, 1.165) is 11.3 Å². The van der Waals surface area contributed by atoms with E-state index in [0.29, 0.717) is 5.92 Å². The molecule has 1 fully saturated rings. The summed E-state index contributed by atoms with van der Waals surface area (Å²) in [4.78, 5) is 0. The zero-order valence-electron chi connectivity index (χ0n) is 8.29. The molecule has 0 unspecified atom stereocenters. The van der Waals surface area contributed by atoms with Gasteiger partial charge in [0.25, 0.3) is 0 Å². The van der Waals surface area contributed by atoms with Crippen molar-refractivity contribution in [3.05, 3.63) is 29.8 Å². The van der Waals surface area contributed by atoms with Gasteiger partial charge in [-0.1, -0.05) is 24.7 Å². The van der Waals surface area contributed by atoms with Crippen LogP contribution in [0.1, 0.15) is 31.2 Å². The quantitative estimate of drug-likeness (QED) is 0.488. The number of hydrogen-bond donors (Lipinski definition) is 1. The van der Waals surface area contributed by atoms with E-state index in [1.54, 1.807) is 0 Å². The summed E-state index contributed by atoms with van der Waals surface area (Å²) < 4.78 is 0. The molecule has 0 amide bonds. The van der Waals surface area contributed by atoms with E-state index >= 15 is 0 Å². The van der Waals surface area contributed by atoms with E-state index in [4.69, 9.17) is 5.73 Å². The van der Waals surface area contributed by atoms with Crippen LogP contribution in [-0.2, 0) is 0 Å². The van der Waals surface area contributed by atoms with Gasteiger partial charge in [-0.25, -0.2) is 0 Å². The van der Waals surface area contributed by atoms with Gasteiger partial charge in [0.05, 0.1) is 0 Å². The van der Waals surface area contributed by atoms with E-state index in [1.165, 1.54) is 25.7 Å². The molecule has 0 atom stereocenters. The summed E-state index contributed by atoms with van der Waals surface area (Å²) in [5.41, 5.74) is 7.47. The van der Waals surface area contributed by atoms with Gasteiger partial charge in [0.2, 0.25) is 0 Å². The van der Waals surface area contributed by atoms with Crippen LogP contribution in [0.15, 0.2) is 24.3 Å². The van der Waals surface area contributed by atoms with Gasteiger partial charge >= 0.3 is 0 Å². The lowest BCUT2D eigenvalue weighted by molar-refractivity contribution is 0.712. The summed E-state index contributed by atoms with van der Waals surface area (Å²) in [6.07, 6.45) is 5.26. The number of rotatable bonds is 0. The van der Waals surface area contributed by atoms with Crippen molar-refractivity contribution in [2.45, 2.75) is 25.7 Å². The fraction of sp³-hybridized carbons (Fsp3) is 0.385. The molecule has 1 aliphatic rings. The van der Waals surface area contributed by atoms with Crippen LogP contribution in [0, 0.1) is 17.8 Å². The topological polar surface area (TPSA) is 26.0 Å². The third kappa shape index (κ3) is 2.29. The van der Waals surface area contributed by atoms with Gasteiger partial charge in [-0.3, -0.25) is 0 Å². The highest BCUT2D eigenvalue weighted by Gasteiger charge is 2.11. The predicted molar refractivity (Wildman–Crippen MR) is 59.7 cm³/mol. The molecule has 0 aliphatic heterocycles. The Morgan fingerprint density at radius 2 is 1.71 bits per heavy atom. The van der Waals surface area contributed by atoms with Crippen molar-refractivity contribution >= 4 is 5.69 Å². The monoisotopic (exact) mass is 185 g/mol. The summed E-state index contributed by atoms with van der Waals surface area (Å²) >= 11 is 0. The Bertz CT molecular complexity index is 347. The molecule has 1 heteroatoms. The third-order valence-corrected chi connectivity index (χ3v) is 2.69. The summed E-state index contributed by atoms with van der Waals surface area (Å²) in [5, 5.41) is 0. The van der Waals surface area contributed by atoms with Gasteiger partial charge in [0.1, 0.15) is 0 Å². The predicted octanol–water partition coefficient (Wildman–Crippen LogP) is 2.81. The van der Waals surface area contributed by atoms with Gasteiger partial charge in [-0.15, -0.1) is 0 Å². The average molecular weight is 185 g/mol. The standard InChI is InChI=1S/C13H15N/c14-13-9-7-12(8-10-13)6-5-11-3-1-2-4-11/h7-11H,1-4,14H2. The second-order valence-corrected chi connectivity index (χ2v) is 3.87. The van der Waals surface area contributed by atoms with Crippen LogP contribution in [0.3, 0.4) is 0 Å². The third-order valence-electron chi connectivity index (χ3n) is 2.69. The minimum atomic E-state index is 0.632. The van der Waals surface area contributed by atoms with Crippen molar-refractivity contribution in [1.29, 1.82) is 0 Å². The highest BCUT2D eigenvalue weighted by molar-refractivity contribution is 5.44. The molecule has 1 saturated carbocycles. The summed E-state index contributed by atoms with van der Waals surface area (Å²) in [7, 11) is 0. The van der Waals surface area contributed by atoms with Crippen molar-refractivity contribution in [1.82, 2.24) is 0 Å². The van der Waals surface area contributed by atoms with Gasteiger partial charge in [-0.2, -0.15) is 0 Å². The number of anilines is 1. The molecule has 0 radical (unpaired) electrons. The average Bonchev–Trinajstić information content (AvgIpc) is 2.70. The second-order valence-electron chi connectivity index (χ2n) is 3.87. The highest BCUT2D eigenvalue weighted by Crippen LogP contribution is 2.23. The number of hydrogen-bond acceptors (Lipinski definition) is 1. The molecule has 1 aromatic carbocycles. The van der Waals surface area contributed by atoms with Crippen molar-refractivity contribution in [2.75, 3.05) is 5.73 Å². The van der Waals surface area contributed by atoms with E-state index in [-0.39, 0.29) is 0 Å². The highest BCUT2D eigenvalue weighted by atomic mass is 14.5. The van der Waals surface area contributed by atoms with Gasteiger partial charge in [0, 0.05) is 17.2 Å². The molecule has 0 heterocycles. The van der Waals surface area contributed by atoms with Crippen LogP contribution in [0.5, 0.6) is 0 Å². The largest absolute Gasteiger partial charge is 0.399 e. The zero-order chi connectivity index (χ0) is 9.80. The number of benzene rings is 1. The van der Waals surface area contributed by atoms with Crippen molar-refractivity contribution < 1.29 is 0 Å². The lowest BCUT2D eigenvalue weighted by Gasteiger charge is -1.96. The van der Waals surface area contributed by atoms with Crippen LogP contribution in [0.2, 0.25) is 0 Å². The number of nitrogens with two attached hydrogens (primary N) is 1. The first-order valence-electron chi connectivity index (χ1n) is 5.22. The zero-order valence-corrected chi connectivity index (χ0v) is 8.29. The lowest BCUT2D eigenvalue weighted by atomic mass is 10.1. The maximum absolute atomic E-state index is 5.60. The molecule has 0 bridgehead atoms. The minimum Gasteiger partial charge on any atom is -0.399 e. The van der Waals surface area contributed by atoms with Crippen molar-refractivity contribution in [3.63, 3.8) is 0 Å². The van der Waals surface area contributed by atoms with Crippen LogP contribution < -0.4 is 5.73 Å². The molecule has 2 N–H and O–H groups in total. The molecular formula is C13H15N. The molecular weight excluding hydrogens is 170 g/mol. The Labute approximate surface area is 85.3 Å². The fourth-order valence-corrected chi connectivity index (χ4v) is 1.82. The summed E-state index contributed by atoms with van der Waals surface area (Å²) in [5.74, 6) is 7.17. The Morgan fingerprint density at radius 3 is 2.36 bits per heavy atom. The van der Waals surface area contributed by atoms with E-state index in [2.05, 4.69) is 11.8 Å². The van der Waals surface area contributed by atoms with Crippen LogP contribution in [-0.4, -0.2) is 0 Å². The Balaban J connectivity index is 2.05. The van der Waals surface area contributed by atoms with Crippen LogP contribution in [0.4, 0.5) is 5.69 Å². The van der Waals surface area contributed by atoms with Gasteiger partial charge < -0.3 is 5.73 Å². The minimum absolute atomic E-state index is 0.632. The molecule has 0 aromatic heterocycles. The van der Waals surface area contributed by atoms with Gasteiger partial charge in [0.15, 0.2) is 0 Å². The van der Waals surface area contributed by atoms with E-state index in [1.807, 2.05) is 24.3 Å². The molecule has 2 rings (SSSR count). The fourth-order valence-electron chi connectivity index (χ4n) is 1.82. The van der Waals surface area contributed by atoms with Gasteiger partial charge in [-0.05, 0) is 37.1 Å². The molecule has 14 heavy (non-hydrogen) atoms. The van der Waals surface area contributed by atoms with Crippen molar-refractivity contribution in [2.24, 2.45) is 5.92 Å². The Morgan fingerprint density at radius 1 is 1.07 bits per heavy atom. The first-order chi connectivity index (χ1) is 6.84. The molecule has 72 valence electrons. The SMILES string of the molecule is Nc1ccc(C#CC2CCCC2)cc1. The van der Waals surface area contributed by atoms with Crippen molar-refractivity contribution in [3.8, 4) is 11.8 Å². The van der Waals surface area contributed by atoms with Crippen LogP contribution in [0.25, 0.3) is 0 Å². The maximum Gasteiger partial charge on any atom is 0.0314 e. The number of nitrogen functional groups attached to an aromatic ring is 1. The Kier molecular flexibility index (Phi) is 2.74. The molecule has 0 saturated heterocycles. The first kappa shape index (κ1) is 9.15. The van der Waals surface area contributed by atoms with Crippen LogP contribution >= 0.6 is 0 Å². The van der Waals surface area contributed by atoms with E-state index in [9.17, 15) is 0 Å². The molecule has 1 aliphatic carbocycles. The normalized spacial score (nSPS) is 16.3.